The summed E-state index contributed by atoms with van der Waals surface area (Å²) >= 11 is 0. The molecule has 6 heteroatoms. The Morgan fingerprint density at radius 3 is 2.29 bits per heavy atom. The van der Waals surface area contributed by atoms with Crippen LogP contribution < -0.4 is 11.1 Å². The molecule has 0 bridgehead atoms. The van der Waals surface area contributed by atoms with Gasteiger partial charge in [-0.25, -0.2) is 8.42 Å². The first-order chi connectivity index (χ1) is 9.67. The van der Waals surface area contributed by atoms with E-state index in [0.29, 0.717) is 24.4 Å². The van der Waals surface area contributed by atoms with Crippen LogP contribution in [-0.4, -0.2) is 32.4 Å². The van der Waals surface area contributed by atoms with Crippen LogP contribution >= 0.6 is 0 Å². The Morgan fingerprint density at radius 2 is 1.81 bits per heavy atom. The van der Waals surface area contributed by atoms with E-state index in [1.54, 1.807) is 12.1 Å². The van der Waals surface area contributed by atoms with Gasteiger partial charge in [-0.1, -0.05) is 26.0 Å². The average molecular weight is 312 g/mol. The normalized spacial score (nSPS) is 13.2. The van der Waals surface area contributed by atoms with Gasteiger partial charge in [-0.15, -0.1) is 0 Å². The van der Waals surface area contributed by atoms with Crippen molar-refractivity contribution in [3.05, 3.63) is 29.8 Å². The molecule has 0 unspecified atom stereocenters. The molecule has 0 spiro atoms. The van der Waals surface area contributed by atoms with Gasteiger partial charge in [0.15, 0.2) is 0 Å². The van der Waals surface area contributed by atoms with Crippen molar-refractivity contribution in [2.45, 2.75) is 32.7 Å². The zero-order chi connectivity index (χ0) is 16.0. The predicted octanol–water partition coefficient (Wildman–Crippen LogP) is 1.59. The van der Waals surface area contributed by atoms with Crippen LogP contribution in [0.5, 0.6) is 0 Å². The highest BCUT2D eigenvalue weighted by Gasteiger charge is 2.14. The van der Waals surface area contributed by atoms with Gasteiger partial charge in [0.25, 0.3) is 0 Å². The number of hydrogen-bond donors (Lipinski definition) is 2. The van der Waals surface area contributed by atoms with E-state index in [4.69, 9.17) is 5.73 Å². The van der Waals surface area contributed by atoms with Gasteiger partial charge in [-0.05, 0) is 36.5 Å². The molecule has 0 saturated carbocycles. The quantitative estimate of drug-likeness (QED) is 0.800. The van der Waals surface area contributed by atoms with Gasteiger partial charge >= 0.3 is 0 Å². The third-order valence-corrected chi connectivity index (χ3v) is 3.99. The first-order valence-corrected chi connectivity index (χ1v) is 9.06. The van der Waals surface area contributed by atoms with Crippen molar-refractivity contribution in [3.63, 3.8) is 0 Å². The highest BCUT2D eigenvalue weighted by molar-refractivity contribution is 7.90. The second-order valence-corrected chi connectivity index (χ2v) is 8.06. The minimum Gasteiger partial charge on any atom is -0.325 e. The molecule has 3 N–H and O–H groups in total. The second-order valence-electron chi connectivity index (χ2n) is 5.80. The third-order valence-electron chi connectivity index (χ3n) is 3.05. The number of anilines is 1. The van der Waals surface area contributed by atoms with Gasteiger partial charge in [0, 0.05) is 11.9 Å². The summed E-state index contributed by atoms with van der Waals surface area (Å²) in [7, 11) is -2.96. The molecule has 1 rings (SSSR count). The van der Waals surface area contributed by atoms with Gasteiger partial charge in [-0.2, -0.15) is 0 Å². The van der Waals surface area contributed by atoms with Crippen LogP contribution in [-0.2, 0) is 21.1 Å². The lowest BCUT2D eigenvalue weighted by Crippen LogP contribution is -2.36. The molecular weight excluding hydrogens is 288 g/mol. The van der Waals surface area contributed by atoms with Crippen LogP contribution in [0.4, 0.5) is 5.69 Å². The lowest BCUT2D eigenvalue weighted by molar-refractivity contribution is -0.117. The number of sulfone groups is 1. The number of aryl methyl sites for hydroxylation is 1. The van der Waals surface area contributed by atoms with Crippen LogP contribution in [0.2, 0.25) is 0 Å². The summed E-state index contributed by atoms with van der Waals surface area (Å²) in [6.45, 7) is 4.04. The number of amides is 1. The molecular formula is C15H24N2O3S. The molecule has 0 aliphatic heterocycles. The zero-order valence-corrected chi connectivity index (χ0v) is 13.6. The van der Waals surface area contributed by atoms with Crippen LogP contribution in [0.15, 0.2) is 24.3 Å². The Balaban J connectivity index is 2.56. The van der Waals surface area contributed by atoms with E-state index >= 15 is 0 Å². The van der Waals surface area contributed by atoms with Crippen LogP contribution in [0.1, 0.15) is 25.8 Å². The van der Waals surface area contributed by atoms with E-state index in [9.17, 15) is 13.2 Å². The van der Waals surface area contributed by atoms with Crippen molar-refractivity contribution in [2.24, 2.45) is 11.7 Å². The Labute approximate surface area is 126 Å². The molecule has 0 fully saturated rings. The first kappa shape index (κ1) is 17.7. The standard InChI is InChI=1S/C15H24N2O3S/c1-11(2)10-14(16)15(18)17-13-6-4-12(5-7-13)8-9-21(3,19)20/h4-7,11,14H,8-10,16H2,1-3H3,(H,17,18)/t14-/m0/s1. The first-order valence-electron chi connectivity index (χ1n) is 7.00. The van der Waals surface area contributed by atoms with E-state index in [-0.39, 0.29) is 11.7 Å². The van der Waals surface area contributed by atoms with E-state index in [1.165, 1.54) is 6.26 Å². The largest absolute Gasteiger partial charge is 0.325 e. The molecule has 0 saturated heterocycles. The maximum Gasteiger partial charge on any atom is 0.241 e. The van der Waals surface area contributed by atoms with Crippen LogP contribution in [0.25, 0.3) is 0 Å². The molecule has 0 heterocycles. The molecule has 0 aromatic heterocycles. The molecule has 1 atom stereocenters. The summed E-state index contributed by atoms with van der Waals surface area (Å²) in [5.74, 6) is 0.287. The van der Waals surface area contributed by atoms with Gasteiger partial charge in [-0.3, -0.25) is 4.79 Å². The minimum atomic E-state index is -2.96. The van der Waals surface area contributed by atoms with E-state index in [0.717, 1.165) is 5.56 Å². The van der Waals surface area contributed by atoms with E-state index in [2.05, 4.69) is 5.32 Å². The highest BCUT2D eigenvalue weighted by Crippen LogP contribution is 2.12. The molecule has 1 aromatic rings. The number of nitrogens with two attached hydrogens (primary N) is 1. The predicted molar refractivity (Wildman–Crippen MR) is 85.9 cm³/mol. The minimum absolute atomic E-state index is 0.123. The number of carbonyl (C=O) groups excluding carboxylic acids is 1. The molecule has 0 aliphatic rings. The fraction of sp³-hybridized carbons (Fsp3) is 0.533. The third kappa shape index (κ3) is 7.24. The smallest absolute Gasteiger partial charge is 0.241 e. The number of carbonyl (C=O) groups is 1. The summed E-state index contributed by atoms with van der Waals surface area (Å²) in [5, 5.41) is 2.76. The second kappa shape index (κ2) is 7.56. The van der Waals surface area contributed by atoms with Gasteiger partial charge < -0.3 is 11.1 Å². The molecule has 0 aliphatic carbocycles. The summed E-state index contributed by atoms with van der Waals surface area (Å²) in [5.41, 5.74) is 7.40. The van der Waals surface area contributed by atoms with Gasteiger partial charge in [0.2, 0.25) is 5.91 Å². The SMILES string of the molecule is CC(C)C[C@H](N)C(=O)Nc1ccc(CCS(C)(=O)=O)cc1. The number of benzene rings is 1. The molecule has 1 aromatic carbocycles. The van der Waals surface area contributed by atoms with Crippen molar-refractivity contribution in [1.29, 1.82) is 0 Å². The van der Waals surface area contributed by atoms with Gasteiger partial charge in [0.1, 0.15) is 9.84 Å². The Hall–Kier alpha value is -1.40. The highest BCUT2D eigenvalue weighted by atomic mass is 32.2. The van der Waals surface area contributed by atoms with E-state index < -0.39 is 15.9 Å². The lowest BCUT2D eigenvalue weighted by atomic mass is 10.0. The summed E-state index contributed by atoms with van der Waals surface area (Å²) < 4.78 is 22.2. The molecule has 1 amide bonds. The summed E-state index contributed by atoms with van der Waals surface area (Å²) in [4.78, 5) is 11.9. The number of rotatable bonds is 7. The monoisotopic (exact) mass is 312 g/mol. The fourth-order valence-electron chi connectivity index (χ4n) is 1.91. The van der Waals surface area contributed by atoms with Crippen molar-refractivity contribution >= 4 is 21.4 Å². The topological polar surface area (TPSA) is 89.3 Å². The summed E-state index contributed by atoms with van der Waals surface area (Å²) in [6, 6.07) is 6.63. The summed E-state index contributed by atoms with van der Waals surface area (Å²) in [6.07, 6.45) is 2.33. The zero-order valence-electron chi connectivity index (χ0n) is 12.8. The van der Waals surface area contributed by atoms with Crippen LogP contribution in [0.3, 0.4) is 0 Å². The van der Waals surface area contributed by atoms with Crippen molar-refractivity contribution in [2.75, 3.05) is 17.3 Å². The maximum absolute atomic E-state index is 11.9. The lowest BCUT2D eigenvalue weighted by Gasteiger charge is -2.14. The molecule has 5 nitrogen and oxygen atoms in total. The van der Waals surface area contributed by atoms with E-state index in [1.807, 2.05) is 26.0 Å². The van der Waals surface area contributed by atoms with Crippen molar-refractivity contribution in [1.82, 2.24) is 0 Å². The Morgan fingerprint density at radius 1 is 1.24 bits per heavy atom. The molecule has 118 valence electrons. The molecule has 21 heavy (non-hydrogen) atoms. The number of nitrogens with one attached hydrogen (secondary N) is 1. The Bertz CT molecular complexity index is 565. The average Bonchev–Trinajstić information content (AvgIpc) is 2.36. The van der Waals surface area contributed by atoms with Crippen molar-refractivity contribution in [3.8, 4) is 0 Å². The van der Waals surface area contributed by atoms with Crippen LogP contribution in [0, 0.1) is 5.92 Å². The maximum atomic E-state index is 11.9. The van der Waals surface area contributed by atoms with Crippen molar-refractivity contribution < 1.29 is 13.2 Å². The fourth-order valence-corrected chi connectivity index (χ4v) is 2.51. The Kier molecular flexibility index (Phi) is 6.36. The van der Waals surface area contributed by atoms with Gasteiger partial charge in [0.05, 0.1) is 11.8 Å². The molecule has 0 radical (unpaired) electrons. The number of hydrogen-bond acceptors (Lipinski definition) is 4.